The van der Waals surface area contributed by atoms with Gasteiger partial charge in [0.25, 0.3) is 5.91 Å². The number of carbonyl (C=O) groups excluding carboxylic acids is 1. The van der Waals surface area contributed by atoms with Gasteiger partial charge in [-0.3, -0.25) is 4.79 Å². The van der Waals surface area contributed by atoms with E-state index in [0.29, 0.717) is 27.9 Å². The third-order valence-corrected chi connectivity index (χ3v) is 6.67. The molecule has 3 aromatic rings. The highest BCUT2D eigenvalue weighted by atomic mass is 35.5. The molecule has 1 saturated heterocycles. The summed E-state index contributed by atoms with van der Waals surface area (Å²) in [5.41, 5.74) is 5.02. The number of anilines is 1. The number of fused-ring (bicyclic) bond motifs is 1. The molecule has 6 nitrogen and oxygen atoms in total. The van der Waals surface area contributed by atoms with Crippen LogP contribution in [-0.4, -0.2) is 41.2 Å². The van der Waals surface area contributed by atoms with Crippen LogP contribution in [0.5, 0.6) is 0 Å². The van der Waals surface area contributed by atoms with Gasteiger partial charge in [-0.1, -0.05) is 41.0 Å². The maximum atomic E-state index is 12.6. The van der Waals surface area contributed by atoms with Crippen LogP contribution in [0, 0.1) is 6.92 Å². The average molecular weight is 450 g/mol. The Morgan fingerprint density at radius 2 is 1.88 bits per heavy atom. The molecule has 2 aliphatic rings. The Morgan fingerprint density at radius 3 is 2.53 bits per heavy atom. The van der Waals surface area contributed by atoms with Gasteiger partial charge in [-0.25, -0.2) is 0 Å². The fourth-order valence-electron chi connectivity index (χ4n) is 4.52. The molecule has 2 aromatic carbocycles. The van der Waals surface area contributed by atoms with Crippen LogP contribution in [0.1, 0.15) is 41.3 Å². The molecule has 0 saturated carbocycles. The summed E-state index contributed by atoms with van der Waals surface area (Å²) in [6.07, 6.45) is 2.33. The Balaban J connectivity index is 1.51. The van der Waals surface area contributed by atoms with Gasteiger partial charge >= 0.3 is 0 Å². The van der Waals surface area contributed by atoms with Gasteiger partial charge < -0.3 is 19.8 Å². The summed E-state index contributed by atoms with van der Waals surface area (Å²) in [6, 6.07) is 13.7. The first-order valence-electron chi connectivity index (χ1n) is 10.7. The Kier molecular flexibility index (Phi) is 5.27. The van der Waals surface area contributed by atoms with Gasteiger partial charge in [0.1, 0.15) is 0 Å². The molecule has 0 radical (unpaired) electrons. The molecule has 5 rings (SSSR count). The molecule has 0 aliphatic carbocycles. The molecule has 0 atom stereocenters. The third-order valence-electron chi connectivity index (χ3n) is 6.36. The van der Waals surface area contributed by atoms with Crippen LogP contribution in [-0.2, 0) is 4.79 Å². The lowest BCUT2D eigenvalue weighted by molar-refractivity contribution is -0.110. The molecule has 32 heavy (non-hydrogen) atoms. The number of benzene rings is 2. The first-order valence-corrected chi connectivity index (χ1v) is 11.1. The zero-order valence-corrected chi connectivity index (χ0v) is 18.7. The Labute approximate surface area is 191 Å². The van der Waals surface area contributed by atoms with Crippen molar-refractivity contribution in [3.63, 3.8) is 0 Å². The zero-order valence-electron chi connectivity index (χ0n) is 18.0. The van der Waals surface area contributed by atoms with E-state index >= 15 is 0 Å². The van der Waals surface area contributed by atoms with Gasteiger partial charge in [0.05, 0.1) is 22.0 Å². The molecule has 1 fully saturated rings. The predicted octanol–water partition coefficient (Wildman–Crippen LogP) is 5.49. The highest BCUT2D eigenvalue weighted by Crippen LogP contribution is 2.42. The van der Waals surface area contributed by atoms with Gasteiger partial charge in [-0.05, 0) is 69.1 Å². The number of rotatable bonds is 3. The number of hydrogen-bond donors (Lipinski definition) is 2. The topological polar surface area (TPSA) is 78.6 Å². The number of piperidine rings is 1. The van der Waals surface area contributed by atoms with E-state index in [0.717, 1.165) is 37.1 Å². The van der Waals surface area contributed by atoms with E-state index in [-0.39, 0.29) is 17.1 Å². The van der Waals surface area contributed by atoms with Gasteiger partial charge in [0, 0.05) is 17.2 Å². The molecule has 0 bridgehead atoms. The van der Waals surface area contributed by atoms with Crippen molar-refractivity contribution in [1.29, 1.82) is 0 Å². The summed E-state index contributed by atoms with van der Waals surface area (Å²) in [5, 5.41) is 17.8. The monoisotopic (exact) mass is 449 g/mol. The second-order valence-electron chi connectivity index (χ2n) is 8.59. The quantitative estimate of drug-likeness (QED) is 0.408. The number of carbonyl (C=O) groups is 1. The van der Waals surface area contributed by atoms with Crippen molar-refractivity contribution in [2.45, 2.75) is 25.7 Å². The summed E-state index contributed by atoms with van der Waals surface area (Å²) in [7, 11) is 2.17. The first kappa shape index (κ1) is 20.8. The highest BCUT2D eigenvalue weighted by Gasteiger charge is 2.31. The number of amides is 1. The number of nitrogens with zero attached hydrogens (tertiary/aromatic N) is 2. The zero-order chi connectivity index (χ0) is 22.4. The third kappa shape index (κ3) is 3.70. The number of aromatic nitrogens is 1. The standard InChI is InChI=1S/C25H24ClN3O3/c1-14-11-22(32-28-14)24(30)23-19-12-18(20(26)13-21(19)27-25(23)31)17-5-3-15(4-6-17)16-7-9-29(2)10-8-16/h3-6,11-13,16,30H,7-10H2,1-2H3,(H,27,31). The van der Waals surface area contributed by atoms with Crippen LogP contribution < -0.4 is 5.32 Å². The number of aryl methyl sites for hydroxylation is 1. The highest BCUT2D eigenvalue weighted by molar-refractivity contribution is 6.38. The minimum atomic E-state index is -0.405. The second kappa shape index (κ2) is 8.11. The van der Waals surface area contributed by atoms with Crippen molar-refractivity contribution in [2.75, 3.05) is 25.5 Å². The minimum absolute atomic E-state index is 0.150. The van der Waals surface area contributed by atoms with Gasteiger partial charge in [-0.2, -0.15) is 0 Å². The van der Waals surface area contributed by atoms with Crippen molar-refractivity contribution in [1.82, 2.24) is 10.1 Å². The summed E-state index contributed by atoms with van der Waals surface area (Å²) in [4.78, 5) is 15.0. The van der Waals surface area contributed by atoms with Gasteiger partial charge in [-0.15, -0.1) is 0 Å². The molecule has 0 spiro atoms. The first-order chi connectivity index (χ1) is 15.4. The molecule has 2 N–H and O–H groups in total. The number of nitrogens with one attached hydrogen (secondary N) is 1. The SMILES string of the molecule is Cc1cc(C(O)=C2C(=O)Nc3cc(Cl)c(-c4ccc(C5CCN(C)CC5)cc4)cc32)on1. The molecular weight excluding hydrogens is 426 g/mol. The average Bonchev–Trinajstić information content (AvgIpc) is 3.35. The van der Waals surface area contributed by atoms with Crippen molar-refractivity contribution < 1.29 is 14.4 Å². The van der Waals surface area contributed by atoms with E-state index in [1.807, 2.05) is 6.07 Å². The molecule has 1 aromatic heterocycles. The number of hydrogen-bond acceptors (Lipinski definition) is 5. The number of halogens is 1. The predicted molar refractivity (Wildman–Crippen MR) is 126 cm³/mol. The van der Waals surface area contributed by atoms with Crippen LogP contribution in [0.2, 0.25) is 5.02 Å². The molecule has 1 amide bonds. The fraction of sp³-hybridized carbons (Fsp3) is 0.280. The van der Waals surface area contributed by atoms with Crippen LogP contribution in [0.15, 0.2) is 47.0 Å². The van der Waals surface area contributed by atoms with E-state index in [2.05, 4.69) is 46.7 Å². The van der Waals surface area contributed by atoms with Crippen LogP contribution in [0.3, 0.4) is 0 Å². The molecule has 3 heterocycles. The fourth-order valence-corrected chi connectivity index (χ4v) is 4.79. The summed E-state index contributed by atoms with van der Waals surface area (Å²) >= 11 is 6.58. The lowest BCUT2D eigenvalue weighted by Gasteiger charge is -2.29. The minimum Gasteiger partial charge on any atom is -0.504 e. The van der Waals surface area contributed by atoms with Crippen molar-refractivity contribution in [2.24, 2.45) is 0 Å². The van der Waals surface area contributed by atoms with E-state index in [4.69, 9.17) is 16.1 Å². The van der Waals surface area contributed by atoms with E-state index < -0.39 is 5.91 Å². The summed E-state index contributed by atoms with van der Waals surface area (Å²) < 4.78 is 5.15. The van der Waals surface area contributed by atoms with Crippen molar-refractivity contribution in [3.05, 3.63) is 70.1 Å². The van der Waals surface area contributed by atoms with Crippen molar-refractivity contribution >= 4 is 34.5 Å². The number of aliphatic hydroxyl groups excluding tert-OH is 1. The summed E-state index contributed by atoms with van der Waals surface area (Å²) in [5.74, 6) is 0.0824. The number of likely N-dealkylation sites (tertiary alicyclic amines) is 1. The van der Waals surface area contributed by atoms with Gasteiger partial charge in [0.2, 0.25) is 5.76 Å². The molecule has 0 unspecified atom stereocenters. The Hall–Kier alpha value is -3.09. The maximum absolute atomic E-state index is 12.6. The summed E-state index contributed by atoms with van der Waals surface area (Å²) in [6.45, 7) is 3.99. The molecule has 164 valence electrons. The molecule has 7 heteroatoms. The van der Waals surface area contributed by atoms with Crippen LogP contribution >= 0.6 is 11.6 Å². The van der Waals surface area contributed by atoms with Crippen molar-refractivity contribution in [3.8, 4) is 11.1 Å². The van der Waals surface area contributed by atoms with E-state index in [1.165, 1.54) is 5.56 Å². The normalized spacial score (nSPS) is 18.5. The molecule has 2 aliphatic heterocycles. The lowest BCUT2D eigenvalue weighted by Crippen LogP contribution is -2.29. The lowest BCUT2D eigenvalue weighted by atomic mass is 9.88. The Bertz CT molecular complexity index is 1220. The smallest absolute Gasteiger partial charge is 0.260 e. The van der Waals surface area contributed by atoms with Crippen LogP contribution in [0.25, 0.3) is 22.5 Å². The Morgan fingerprint density at radius 1 is 1.16 bits per heavy atom. The molecular formula is C25H24ClN3O3. The van der Waals surface area contributed by atoms with E-state index in [9.17, 15) is 9.90 Å². The number of aliphatic hydroxyl groups is 1. The second-order valence-corrected chi connectivity index (χ2v) is 8.99. The van der Waals surface area contributed by atoms with E-state index in [1.54, 1.807) is 19.1 Å². The van der Waals surface area contributed by atoms with Gasteiger partial charge in [0.15, 0.2) is 5.76 Å². The largest absolute Gasteiger partial charge is 0.504 e. The van der Waals surface area contributed by atoms with Crippen LogP contribution in [0.4, 0.5) is 5.69 Å². The maximum Gasteiger partial charge on any atom is 0.260 e.